The molecule has 0 radical (unpaired) electrons. The minimum absolute atomic E-state index is 0.153. The molecule has 0 aromatic rings. The van der Waals surface area contributed by atoms with E-state index >= 15 is 0 Å². The number of rotatable bonds is 0. The molecule has 0 aliphatic carbocycles. The molecule has 0 amide bonds. The van der Waals surface area contributed by atoms with Gasteiger partial charge in [0.25, 0.3) is 0 Å². The predicted octanol–water partition coefficient (Wildman–Crippen LogP) is 0.222. The highest BCUT2D eigenvalue weighted by Crippen LogP contribution is 2.05. The molecule has 1 aliphatic rings. The van der Waals surface area contributed by atoms with E-state index in [1.807, 2.05) is 6.92 Å². The number of ketones is 1. The lowest BCUT2D eigenvalue weighted by Crippen LogP contribution is -2.04. The van der Waals surface area contributed by atoms with Crippen molar-refractivity contribution in [3.63, 3.8) is 0 Å². The summed E-state index contributed by atoms with van der Waals surface area (Å²) in [6.45, 7) is 2.84. The Labute approximate surface area is 42.5 Å². The van der Waals surface area contributed by atoms with Crippen LogP contribution in [0.4, 0.5) is 0 Å². The minimum Gasteiger partial charge on any atom is -0.373 e. The van der Waals surface area contributed by atoms with Gasteiger partial charge in [-0.05, 0) is 0 Å². The summed E-state index contributed by atoms with van der Waals surface area (Å²) in [7, 11) is 0. The van der Waals surface area contributed by atoms with Gasteiger partial charge in [-0.1, -0.05) is 6.92 Å². The van der Waals surface area contributed by atoms with Gasteiger partial charge in [-0.15, -0.1) is 0 Å². The maximum absolute atomic E-state index is 10.4. The summed E-state index contributed by atoms with van der Waals surface area (Å²) < 4.78 is 4.82. The molecular weight excluding hydrogens is 92.1 g/mol. The Morgan fingerprint density at radius 1 is 1.86 bits per heavy atom. The van der Waals surface area contributed by atoms with Crippen molar-refractivity contribution in [3.05, 3.63) is 0 Å². The van der Waals surface area contributed by atoms with Crippen molar-refractivity contribution in [2.45, 2.75) is 6.92 Å². The monoisotopic (exact) mass is 100 g/mol. The summed E-state index contributed by atoms with van der Waals surface area (Å²) in [5.74, 6) is 0.389. The quantitative estimate of drug-likeness (QED) is 0.435. The summed E-state index contributed by atoms with van der Waals surface area (Å²) in [4.78, 5) is 10.4. The van der Waals surface area contributed by atoms with Crippen LogP contribution in [0.2, 0.25) is 0 Å². The van der Waals surface area contributed by atoms with Gasteiger partial charge in [0.2, 0.25) is 0 Å². The fourth-order valence-corrected chi connectivity index (χ4v) is 0.571. The molecule has 1 fully saturated rings. The van der Waals surface area contributed by atoms with Crippen LogP contribution in [0.3, 0.4) is 0 Å². The fraction of sp³-hybridized carbons (Fsp3) is 0.800. The van der Waals surface area contributed by atoms with Crippen LogP contribution in [0.1, 0.15) is 6.92 Å². The lowest BCUT2D eigenvalue weighted by molar-refractivity contribution is -0.120. The number of hydrogen-bond donors (Lipinski definition) is 0. The number of carbonyl (C=O) groups excluding carboxylic acids is 1. The first-order valence-corrected chi connectivity index (χ1v) is 2.41. The zero-order valence-electron chi connectivity index (χ0n) is 4.31. The average Bonchev–Trinajstić information content (AvgIpc) is 1.91. The third kappa shape index (κ3) is 0.800. The van der Waals surface area contributed by atoms with E-state index in [1.54, 1.807) is 0 Å². The number of carbonyl (C=O) groups is 1. The highest BCUT2D eigenvalue weighted by atomic mass is 16.5. The molecule has 0 spiro atoms. The largest absolute Gasteiger partial charge is 0.373 e. The Bertz CT molecular complexity index is 88.1. The number of hydrogen-bond acceptors (Lipinski definition) is 2. The molecule has 40 valence electrons. The van der Waals surface area contributed by atoms with E-state index in [0.717, 1.165) is 0 Å². The van der Waals surface area contributed by atoms with Gasteiger partial charge in [0.05, 0.1) is 6.61 Å². The summed E-state index contributed by atoms with van der Waals surface area (Å²) in [5, 5.41) is 0. The van der Waals surface area contributed by atoms with Crippen molar-refractivity contribution >= 4 is 5.78 Å². The van der Waals surface area contributed by atoms with Crippen molar-refractivity contribution in [2.24, 2.45) is 5.92 Å². The molecule has 0 aromatic carbocycles. The van der Waals surface area contributed by atoms with E-state index in [2.05, 4.69) is 0 Å². The molecule has 0 bridgehead atoms. The first-order valence-electron chi connectivity index (χ1n) is 2.41. The normalized spacial score (nSPS) is 31.6. The van der Waals surface area contributed by atoms with Crippen molar-refractivity contribution in [2.75, 3.05) is 13.2 Å². The number of ether oxygens (including phenoxy) is 1. The van der Waals surface area contributed by atoms with Crippen LogP contribution in [-0.4, -0.2) is 19.0 Å². The first kappa shape index (κ1) is 4.78. The van der Waals surface area contributed by atoms with Gasteiger partial charge in [0, 0.05) is 5.92 Å². The zero-order chi connectivity index (χ0) is 5.28. The molecule has 1 rings (SSSR count). The average molecular weight is 100 g/mol. The molecular formula is C5H8O2. The van der Waals surface area contributed by atoms with Crippen LogP contribution in [-0.2, 0) is 9.53 Å². The van der Waals surface area contributed by atoms with Crippen LogP contribution < -0.4 is 0 Å². The molecule has 7 heavy (non-hydrogen) atoms. The molecule has 0 N–H and O–H groups in total. The molecule has 1 atom stereocenters. The summed E-state index contributed by atoms with van der Waals surface area (Å²) in [6.07, 6.45) is 0. The third-order valence-electron chi connectivity index (χ3n) is 1.16. The summed E-state index contributed by atoms with van der Waals surface area (Å²) in [6, 6.07) is 0. The standard InChI is InChI=1S/C5H8O2/c1-4-2-7-3-5(4)6/h4H,2-3H2,1H3/t4-/m0/s1. The number of Topliss-reactive ketones (excluding diaryl/α,β-unsaturated/α-hetero) is 1. The first-order chi connectivity index (χ1) is 3.30. The smallest absolute Gasteiger partial charge is 0.163 e. The second-order valence-corrected chi connectivity index (χ2v) is 1.88. The van der Waals surface area contributed by atoms with Gasteiger partial charge >= 0.3 is 0 Å². The Morgan fingerprint density at radius 3 is 2.71 bits per heavy atom. The lowest BCUT2D eigenvalue weighted by atomic mass is 10.1. The SMILES string of the molecule is C[C@H]1COCC1=O. The fourth-order valence-electron chi connectivity index (χ4n) is 0.571. The molecule has 2 nitrogen and oxygen atoms in total. The molecule has 1 saturated heterocycles. The van der Waals surface area contributed by atoms with Crippen LogP contribution in [0.5, 0.6) is 0 Å². The molecule has 0 unspecified atom stereocenters. The van der Waals surface area contributed by atoms with Crippen LogP contribution in [0, 0.1) is 5.92 Å². The van der Waals surface area contributed by atoms with Crippen LogP contribution >= 0.6 is 0 Å². The minimum atomic E-state index is 0.153. The molecule has 0 saturated carbocycles. The molecule has 1 heterocycles. The highest BCUT2D eigenvalue weighted by molar-refractivity contribution is 5.83. The van der Waals surface area contributed by atoms with Crippen molar-refractivity contribution in [1.82, 2.24) is 0 Å². The lowest BCUT2D eigenvalue weighted by Gasteiger charge is -1.88. The Morgan fingerprint density at radius 2 is 2.57 bits per heavy atom. The van der Waals surface area contributed by atoms with Gasteiger partial charge in [-0.3, -0.25) is 4.79 Å². The van der Waals surface area contributed by atoms with E-state index in [1.165, 1.54) is 0 Å². The molecule has 2 heteroatoms. The maximum Gasteiger partial charge on any atom is 0.163 e. The van der Waals surface area contributed by atoms with E-state index in [9.17, 15) is 4.79 Å². The summed E-state index contributed by atoms with van der Waals surface area (Å²) in [5.41, 5.74) is 0. The van der Waals surface area contributed by atoms with E-state index in [0.29, 0.717) is 13.2 Å². The molecule has 0 aromatic heterocycles. The van der Waals surface area contributed by atoms with E-state index < -0.39 is 0 Å². The second-order valence-electron chi connectivity index (χ2n) is 1.88. The second kappa shape index (κ2) is 1.62. The van der Waals surface area contributed by atoms with Crippen LogP contribution in [0.15, 0.2) is 0 Å². The third-order valence-corrected chi connectivity index (χ3v) is 1.16. The van der Waals surface area contributed by atoms with Crippen molar-refractivity contribution in [1.29, 1.82) is 0 Å². The van der Waals surface area contributed by atoms with Gasteiger partial charge < -0.3 is 4.74 Å². The van der Waals surface area contributed by atoms with Gasteiger partial charge in [0.1, 0.15) is 6.61 Å². The topological polar surface area (TPSA) is 26.3 Å². The summed E-state index contributed by atoms with van der Waals surface area (Å²) >= 11 is 0. The van der Waals surface area contributed by atoms with Crippen LogP contribution in [0.25, 0.3) is 0 Å². The Kier molecular flexibility index (Phi) is 1.11. The van der Waals surface area contributed by atoms with Gasteiger partial charge in [0.15, 0.2) is 5.78 Å². The highest BCUT2D eigenvalue weighted by Gasteiger charge is 2.19. The Hall–Kier alpha value is -0.370. The van der Waals surface area contributed by atoms with E-state index in [4.69, 9.17) is 4.74 Å². The van der Waals surface area contributed by atoms with Crippen molar-refractivity contribution in [3.8, 4) is 0 Å². The maximum atomic E-state index is 10.4. The van der Waals surface area contributed by atoms with Gasteiger partial charge in [-0.2, -0.15) is 0 Å². The predicted molar refractivity (Wildman–Crippen MR) is 25.0 cm³/mol. The van der Waals surface area contributed by atoms with Crippen molar-refractivity contribution < 1.29 is 9.53 Å². The zero-order valence-corrected chi connectivity index (χ0v) is 4.31. The van der Waals surface area contributed by atoms with Gasteiger partial charge in [-0.25, -0.2) is 0 Å². The molecule has 1 aliphatic heterocycles. The Balaban J connectivity index is 2.48. The van der Waals surface area contributed by atoms with E-state index in [-0.39, 0.29) is 11.7 Å².